The normalized spacial score (nSPS) is 14.1. The van der Waals surface area contributed by atoms with Gasteiger partial charge >= 0.3 is 15.5 Å². The van der Waals surface area contributed by atoms with E-state index in [0.717, 1.165) is 22.3 Å². The van der Waals surface area contributed by atoms with Crippen LogP contribution in [0.15, 0.2) is 48.7 Å². The average molecular weight is 537 g/mol. The summed E-state index contributed by atoms with van der Waals surface area (Å²) >= 11 is 0. The number of aromatic nitrogens is 1. The lowest BCUT2D eigenvalue weighted by molar-refractivity contribution is -0.0447. The third-order valence-electron chi connectivity index (χ3n) is 5.94. The van der Waals surface area contributed by atoms with Crippen molar-refractivity contribution in [2.45, 2.75) is 31.8 Å². The van der Waals surface area contributed by atoms with Crippen LogP contribution < -0.4 is 20.1 Å². The van der Waals surface area contributed by atoms with Crippen LogP contribution in [-0.4, -0.2) is 44.5 Å². The van der Waals surface area contributed by atoms with Gasteiger partial charge in [-0.25, -0.2) is 13.1 Å². The van der Waals surface area contributed by atoms with E-state index in [1.54, 1.807) is 36.5 Å². The lowest BCUT2D eigenvalue weighted by Gasteiger charge is -2.12. The fourth-order valence-electron chi connectivity index (χ4n) is 3.61. The van der Waals surface area contributed by atoms with Crippen molar-refractivity contribution in [2.24, 2.45) is 5.92 Å². The monoisotopic (exact) mass is 536 g/mol. The molecule has 0 spiro atoms. The van der Waals surface area contributed by atoms with Crippen molar-refractivity contribution < 1.29 is 31.1 Å². The number of halogens is 3. The van der Waals surface area contributed by atoms with E-state index >= 15 is 0 Å². The minimum Gasteiger partial charge on any atom is -0.493 e. The molecule has 12 heteroatoms. The molecular weight excluding hydrogens is 509 g/mol. The molecule has 3 aromatic rings. The summed E-state index contributed by atoms with van der Waals surface area (Å²) in [4.78, 5) is 17.2. The fourth-order valence-corrected chi connectivity index (χ4v) is 4.14. The van der Waals surface area contributed by atoms with Crippen molar-refractivity contribution in [1.29, 1.82) is 0 Å². The minimum atomic E-state index is -5.35. The highest BCUT2D eigenvalue weighted by molar-refractivity contribution is 7.90. The van der Waals surface area contributed by atoms with Gasteiger partial charge in [0.05, 0.1) is 12.1 Å². The van der Waals surface area contributed by atoms with Crippen LogP contribution in [0.25, 0.3) is 10.9 Å². The zero-order valence-corrected chi connectivity index (χ0v) is 20.9. The van der Waals surface area contributed by atoms with Gasteiger partial charge in [-0.1, -0.05) is 6.07 Å². The van der Waals surface area contributed by atoms with E-state index < -0.39 is 22.1 Å². The molecule has 198 valence electrons. The number of aryl methyl sites for hydroxylation is 1. The highest BCUT2D eigenvalue weighted by Gasteiger charge is 2.45. The molecule has 1 fully saturated rings. The first-order chi connectivity index (χ1) is 17.5. The van der Waals surface area contributed by atoms with E-state index in [1.807, 2.05) is 19.1 Å². The molecule has 8 nitrogen and oxygen atoms in total. The van der Waals surface area contributed by atoms with Crippen molar-refractivity contribution in [3.05, 3.63) is 65.4 Å². The fraction of sp³-hybridized carbons (Fsp3) is 0.360. The Balaban J connectivity index is 1.32. The number of sulfonamides is 1. The maximum Gasteiger partial charge on any atom is 0.511 e. The van der Waals surface area contributed by atoms with Gasteiger partial charge in [0.1, 0.15) is 5.75 Å². The van der Waals surface area contributed by atoms with Crippen LogP contribution in [0.3, 0.4) is 0 Å². The summed E-state index contributed by atoms with van der Waals surface area (Å²) < 4.78 is 66.2. The van der Waals surface area contributed by atoms with Gasteiger partial charge in [0.2, 0.25) is 0 Å². The van der Waals surface area contributed by atoms with E-state index in [1.165, 1.54) is 17.6 Å². The summed E-state index contributed by atoms with van der Waals surface area (Å²) in [5.41, 5.74) is -1.95. The summed E-state index contributed by atoms with van der Waals surface area (Å²) in [5, 5.41) is 6.62. The van der Waals surface area contributed by atoms with E-state index in [9.17, 15) is 26.4 Å². The highest BCUT2D eigenvalue weighted by Crippen LogP contribution is 2.30. The van der Waals surface area contributed by atoms with E-state index in [0.29, 0.717) is 29.3 Å². The van der Waals surface area contributed by atoms with Gasteiger partial charge in [-0.05, 0) is 73.2 Å². The number of nitrogens with zero attached hydrogens (tertiary/aromatic N) is 1. The third kappa shape index (κ3) is 6.96. The number of carbonyl (C=O) groups is 1. The second kappa shape index (κ2) is 11.0. The predicted molar refractivity (Wildman–Crippen MR) is 134 cm³/mol. The van der Waals surface area contributed by atoms with Crippen LogP contribution in [0.1, 0.15) is 34.3 Å². The van der Waals surface area contributed by atoms with E-state index in [4.69, 9.17) is 4.74 Å². The van der Waals surface area contributed by atoms with Gasteiger partial charge in [-0.2, -0.15) is 13.2 Å². The number of ether oxygens (including phenoxy) is 1. The number of hydrogen-bond acceptors (Lipinski definition) is 6. The standard InChI is InChI=1S/C25H27F3N4O4S/c1-16-22(32-24(33)19-4-7-21(8-5-19)36-15-17-2-3-17)9-6-20-12-18(14-30-23(16)20)13-29-10-11-31-37(34,35)25(26,27)28/h4-9,12,14,17,29,31H,2-3,10-11,13,15H2,1H3,(H,32,33). The summed E-state index contributed by atoms with van der Waals surface area (Å²) in [6.45, 7) is 2.45. The molecule has 1 amide bonds. The molecule has 4 rings (SSSR count). The van der Waals surface area contributed by atoms with Gasteiger partial charge in [0, 0.05) is 42.5 Å². The smallest absolute Gasteiger partial charge is 0.493 e. The Bertz CT molecular complexity index is 1380. The van der Waals surface area contributed by atoms with Crippen LogP contribution in [0, 0.1) is 12.8 Å². The molecule has 0 atom stereocenters. The van der Waals surface area contributed by atoms with Crippen molar-refractivity contribution in [3.8, 4) is 5.75 Å². The summed E-state index contributed by atoms with van der Waals surface area (Å²) in [6.07, 6.45) is 4.03. The van der Waals surface area contributed by atoms with Crippen LogP contribution >= 0.6 is 0 Å². The zero-order chi connectivity index (χ0) is 26.6. The molecule has 0 saturated heterocycles. The first kappa shape index (κ1) is 26.8. The molecule has 1 aromatic heterocycles. The van der Waals surface area contributed by atoms with Crippen LogP contribution in [0.5, 0.6) is 5.75 Å². The Kier molecular flexibility index (Phi) is 8.00. The molecule has 0 unspecified atom stereocenters. The van der Waals surface area contributed by atoms with Crippen molar-refractivity contribution in [1.82, 2.24) is 15.0 Å². The number of carbonyl (C=O) groups excluding carboxylic acids is 1. The van der Waals surface area contributed by atoms with Crippen molar-refractivity contribution in [2.75, 3.05) is 25.0 Å². The number of pyridine rings is 1. The van der Waals surface area contributed by atoms with Gasteiger partial charge in [-0.3, -0.25) is 9.78 Å². The molecule has 3 N–H and O–H groups in total. The Morgan fingerprint density at radius 2 is 1.84 bits per heavy atom. The lowest BCUT2D eigenvalue weighted by atomic mass is 10.1. The molecule has 0 radical (unpaired) electrons. The Morgan fingerprint density at radius 1 is 1.11 bits per heavy atom. The number of rotatable bonds is 11. The zero-order valence-electron chi connectivity index (χ0n) is 20.1. The summed E-state index contributed by atoms with van der Waals surface area (Å²) in [5.74, 6) is 1.13. The van der Waals surface area contributed by atoms with Gasteiger partial charge in [0.25, 0.3) is 5.91 Å². The van der Waals surface area contributed by atoms with Gasteiger partial charge in [0.15, 0.2) is 0 Å². The molecule has 1 aliphatic carbocycles. The molecule has 1 saturated carbocycles. The highest BCUT2D eigenvalue weighted by atomic mass is 32.2. The molecule has 1 aliphatic rings. The minimum absolute atomic E-state index is 0.00493. The molecule has 37 heavy (non-hydrogen) atoms. The first-order valence-electron chi connectivity index (χ1n) is 11.7. The quantitative estimate of drug-likeness (QED) is 0.318. The average Bonchev–Trinajstić information content (AvgIpc) is 3.68. The van der Waals surface area contributed by atoms with Gasteiger partial charge in [-0.15, -0.1) is 0 Å². The third-order valence-corrected chi connectivity index (χ3v) is 7.13. The second-order valence-corrected chi connectivity index (χ2v) is 10.7. The molecule has 0 bridgehead atoms. The SMILES string of the molecule is Cc1c(NC(=O)c2ccc(OCC3CC3)cc2)ccc2cc(CNCCNS(=O)(=O)C(F)(F)F)cnc12. The molecule has 2 aromatic carbocycles. The number of hydrogen-bond donors (Lipinski definition) is 3. The van der Waals surface area contributed by atoms with Crippen LogP contribution in [0.2, 0.25) is 0 Å². The summed E-state index contributed by atoms with van der Waals surface area (Å²) in [7, 11) is -5.35. The van der Waals surface area contributed by atoms with Crippen LogP contribution in [0.4, 0.5) is 18.9 Å². The number of nitrogens with one attached hydrogen (secondary N) is 3. The largest absolute Gasteiger partial charge is 0.511 e. The number of benzene rings is 2. The second-order valence-electron chi connectivity index (χ2n) is 8.91. The number of alkyl halides is 3. The van der Waals surface area contributed by atoms with Crippen LogP contribution in [-0.2, 0) is 16.6 Å². The number of fused-ring (bicyclic) bond motifs is 1. The first-order valence-corrected chi connectivity index (χ1v) is 13.2. The lowest BCUT2D eigenvalue weighted by Crippen LogP contribution is -2.39. The molecule has 1 heterocycles. The Morgan fingerprint density at radius 3 is 2.51 bits per heavy atom. The van der Waals surface area contributed by atoms with Crippen molar-refractivity contribution >= 4 is 32.5 Å². The topological polar surface area (TPSA) is 109 Å². The summed E-state index contributed by atoms with van der Waals surface area (Å²) in [6, 6.07) is 12.5. The maximum atomic E-state index is 12.7. The van der Waals surface area contributed by atoms with Gasteiger partial charge < -0.3 is 15.4 Å². The van der Waals surface area contributed by atoms with Crippen molar-refractivity contribution in [3.63, 3.8) is 0 Å². The Hall–Kier alpha value is -3.22. The number of amides is 1. The molecule has 0 aliphatic heterocycles. The van der Waals surface area contributed by atoms with E-state index in [2.05, 4.69) is 15.6 Å². The predicted octanol–water partition coefficient (Wildman–Crippen LogP) is 4.11. The Labute approximate surface area is 212 Å². The molecular formula is C25H27F3N4O4S. The maximum absolute atomic E-state index is 12.7. The number of anilines is 1. The van der Waals surface area contributed by atoms with E-state index in [-0.39, 0.29) is 19.0 Å².